The monoisotopic (exact) mass is 366 g/mol. The van der Waals surface area contributed by atoms with Crippen molar-refractivity contribution in [3.05, 3.63) is 69.0 Å². The van der Waals surface area contributed by atoms with Crippen LogP contribution in [-0.4, -0.2) is 30.4 Å². The molecular formula is C18H17Cl2FN2O. The summed E-state index contributed by atoms with van der Waals surface area (Å²) >= 11 is 11.8. The first-order chi connectivity index (χ1) is 11.4. The van der Waals surface area contributed by atoms with Crippen molar-refractivity contribution >= 4 is 29.1 Å². The Kier molecular flexibility index (Phi) is 5.09. The highest BCUT2D eigenvalue weighted by molar-refractivity contribution is 6.42. The molecule has 0 aromatic heterocycles. The van der Waals surface area contributed by atoms with Gasteiger partial charge in [0.1, 0.15) is 5.82 Å². The number of amides is 1. The molecule has 0 spiro atoms. The van der Waals surface area contributed by atoms with Gasteiger partial charge in [0.15, 0.2) is 0 Å². The summed E-state index contributed by atoms with van der Waals surface area (Å²) in [6, 6.07) is 9.86. The molecule has 0 bridgehead atoms. The molecule has 1 aliphatic rings. The number of nitrogens with one attached hydrogen (secondary N) is 1. The summed E-state index contributed by atoms with van der Waals surface area (Å²) in [5.74, 6) is -0.402. The Labute approximate surface area is 150 Å². The van der Waals surface area contributed by atoms with Gasteiger partial charge in [-0.3, -0.25) is 9.69 Å². The lowest BCUT2D eigenvalue weighted by Crippen LogP contribution is -2.45. The highest BCUT2D eigenvalue weighted by atomic mass is 35.5. The lowest BCUT2D eigenvalue weighted by molar-refractivity contribution is 0.0934. The average Bonchev–Trinajstić information content (AvgIpc) is 2.55. The molecule has 1 aliphatic heterocycles. The summed E-state index contributed by atoms with van der Waals surface area (Å²) in [7, 11) is 1.98. The van der Waals surface area contributed by atoms with Crippen LogP contribution in [0.4, 0.5) is 4.39 Å². The average molecular weight is 367 g/mol. The van der Waals surface area contributed by atoms with E-state index in [0.29, 0.717) is 28.7 Å². The lowest BCUT2D eigenvalue weighted by atomic mass is 9.94. The van der Waals surface area contributed by atoms with Gasteiger partial charge in [-0.05, 0) is 54.9 Å². The Morgan fingerprint density at radius 2 is 2.00 bits per heavy atom. The topological polar surface area (TPSA) is 32.3 Å². The van der Waals surface area contributed by atoms with Crippen molar-refractivity contribution in [2.45, 2.75) is 19.0 Å². The standard InChI is InChI=1S/C18H17Cl2FN2O/c1-23-10-13-6-14(21)4-2-11(13)7-15(23)9-22-18(24)12-3-5-16(19)17(20)8-12/h2-6,8,15H,7,9-10H2,1H3,(H,22,24)/t15-/m1/s1. The molecule has 3 nitrogen and oxygen atoms in total. The molecule has 1 atom stereocenters. The number of benzene rings is 2. The van der Waals surface area contributed by atoms with Crippen LogP contribution in [0.2, 0.25) is 10.0 Å². The number of hydrogen-bond donors (Lipinski definition) is 1. The molecular weight excluding hydrogens is 350 g/mol. The maximum Gasteiger partial charge on any atom is 0.251 e. The number of carbonyl (C=O) groups excluding carboxylic acids is 1. The third-order valence-corrected chi connectivity index (χ3v) is 5.09. The summed E-state index contributed by atoms with van der Waals surface area (Å²) in [4.78, 5) is 14.4. The minimum Gasteiger partial charge on any atom is -0.350 e. The number of hydrogen-bond acceptors (Lipinski definition) is 2. The minimum atomic E-state index is -0.214. The molecule has 0 saturated carbocycles. The number of fused-ring (bicyclic) bond motifs is 1. The van der Waals surface area contributed by atoms with Crippen LogP contribution in [0.1, 0.15) is 21.5 Å². The molecule has 126 valence electrons. The van der Waals surface area contributed by atoms with Gasteiger partial charge in [0.05, 0.1) is 10.0 Å². The molecule has 0 saturated heterocycles. The second-order valence-electron chi connectivity index (χ2n) is 6.03. The molecule has 0 fully saturated rings. The van der Waals surface area contributed by atoms with Crippen LogP contribution in [0.5, 0.6) is 0 Å². The number of carbonyl (C=O) groups is 1. The fraction of sp³-hybridized carbons (Fsp3) is 0.278. The summed E-state index contributed by atoms with van der Waals surface area (Å²) in [6.45, 7) is 1.17. The summed E-state index contributed by atoms with van der Waals surface area (Å²) in [5, 5.41) is 3.71. The van der Waals surface area contributed by atoms with E-state index in [-0.39, 0.29) is 17.8 Å². The molecule has 1 N–H and O–H groups in total. The van der Waals surface area contributed by atoms with Crippen molar-refractivity contribution < 1.29 is 9.18 Å². The first-order valence-corrected chi connectivity index (χ1v) is 8.40. The van der Waals surface area contributed by atoms with Gasteiger partial charge in [0.25, 0.3) is 5.91 Å². The van der Waals surface area contributed by atoms with Crippen molar-refractivity contribution in [2.24, 2.45) is 0 Å². The SMILES string of the molecule is CN1Cc2cc(F)ccc2C[C@@H]1CNC(=O)c1ccc(Cl)c(Cl)c1. The Morgan fingerprint density at radius 1 is 1.21 bits per heavy atom. The van der Waals surface area contributed by atoms with Crippen molar-refractivity contribution in [2.75, 3.05) is 13.6 Å². The van der Waals surface area contributed by atoms with E-state index in [4.69, 9.17) is 23.2 Å². The van der Waals surface area contributed by atoms with E-state index >= 15 is 0 Å². The molecule has 2 aromatic carbocycles. The van der Waals surface area contributed by atoms with Crippen molar-refractivity contribution in [1.29, 1.82) is 0 Å². The van der Waals surface area contributed by atoms with Crippen LogP contribution in [-0.2, 0) is 13.0 Å². The molecule has 0 unspecified atom stereocenters. The van der Waals surface area contributed by atoms with E-state index in [1.807, 2.05) is 13.1 Å². The Bertz CT molecular complexity index is 782. The predicted molar refractivity (Wildman–Crippen MR) is 94.2 cm³/mol. The van der Waals surface area contributed by atoms with Gasteiger partial charge in [0, 0.05) is 24.7 Å². The van der Waals surface area contributed by atoms with Crippen LogP contribution in [0.25, 0.3) is 0 Å². The Balaban J connectivity index is 1.65. The molecule has 1 amide bonds. The molecule has 24 heavy (non-hydrogen) atoms. The Morgan fingerprint density at radius 3 is 2.75 bits per heavy atom. The van der Waals surface area contributed by atoms with Crippen LogP contribution >= 0.6 is 23.2 Å². The molecule has 1 heterocycles. The van der Waals surface area contributed by atoms with Gasteiger partial charge >= 0.3 is 0 Å². The third-order valence-electron chi connectivity index (χ3n) is 4.35. The number of rotatable bonds is 3. The smallest absolute Gasteiger partial charge is 0.251 e. The van der Waals surface area contributed by atoms with E-state index in [1.54, 1.807) is 24.3 Å². The van der Waals surface area contributed by atoms with Crippen LogP contribution in [0, 0.1) is 5.82 Å². The van der Waals surface area contributed by atoms with Gasteiger partial charge in [-0.1, -0.05) is 29.3 Å². The molecule has 6 heteroatoms. The highest BCUT2D eigenvalue weighted by Crippen LogP contribution is 2.24. The highest BCUT2D eigenvalue weighted by Gasteiger charge is 2.24. The predicted octanol–water partition coefficient (Wildman–Crippen LogP) is 3.92. The minimum absolute atomic E-state index is 0.162. The molecule has 2 aromatic rings. The van der Waals surface area contributed by atoms with Gasteiger partial charge in [-0.15, -0.1) is 0 Å². The van der Waals surface area contributed by atoms with Crippen molar-refractivity contribution in [3.8, 4) is 0 Å². The maximum absolute atomic E-state index is 13.3. The van der Waals surface area contributed by atoms with Crippen LogP contribution in [0.3, 0.4) is 0 Å². The number of nitrogens with zero attached hydrogens (tertiary/aromatic N) is 1. The number of likely N-dealkylation sites (N-methyl/N-ethyl adjacent to an activating group) is 1. The summed E-state index contributed by atoms with van der Waals surface area (Å²) in [6.07, 6.45) is 0.772. The first-order valence-electron chi connectivity index (χ1n) is 7.65. The van der Waals surface area contributed by atoms with Crippen LogP contribution < -0.4 is 5.32 Å². The quantitative estimate of drug-likeness (QED) is 0.892. The summed E-state index contributed by atoms with van der Waals surface area (Å²) in [5.41, 5.74) is 2.61. The van der Waals surface area contributed by atoms with Gasteiger partial charge < -0.3 is 5.32 Å². The van der Waals surface area contributed by atoms with E-state index in [1.165, 1.54) is 6.07 Å². The zero-order chi connectivity index (χ0) is 17.3. The van der Waals surface area contributed by atoms with Gasteiger partial charge in [0.2, 0.25) is 0 Å². The fourth-order valence-electron chi connectivity index (χ4n) is 2.93. The normalized spacial score (nSPS) is 17.4. The maximum atomic E-state index is 13.3. The third kappa shape index (κ3) is 3.72. The molecule has 3 rings (SSSR count). The molecule has 0 radical (unpaired) electrons. The van der Waals surface area contributed by atoms with Gasteiger partial charge in [-0.2, -0.15) is 0 Å². The van der Waals surface area contributed by atoms with E-state index < -0.39 is 0 Å². The largest absolute Gasteiger partial charge is 0.350 e. The Hall–Kier alpha value is -1.62. The number of halogens is 3. The second-order valence-corrected chi connectivity index (χ2v) is 6.84. The second kappa shape index (κ2) is 7.09. The van der Waals surface area contributed by atoms with Crippen molar-refractivity contribution in [1.82, 2.24) is 10.2 Å². The van der Waals surface area contributed by atoms with E-state index in [9.17, 15) is 9.18 Å². The fourth-order valence-corrected chi connectivity index (χ4v) is 3.22. The lowest BCUT2D eigenvalue weighted by Gasteiger charge is -2.34. The zero-order valence-electron chi connectivity index (χ0n) is 13.2. The summed E-state index contributed by atoms with van der Waals surface area (Å²) < 4.78 is 13.3. The van der Waals surface area contributed by atoms with Crippen molar-refractivity contribution in [3.63, 3.8) is 0 Å². The van der Waals surface area contributed by atoms with Crippen LogP contribution in [0.15, 0.2) is 36.4 Å². The first kappa shape index (κ1) is 17.2. The van der Waals surface area contributed by atoms with Gasteiger partial charge in [-0.25, -0.2) is 4.39 Å². The zero-order valence-corrected chi connectivity index (χ0v) is 14.7. The van der Waals surface area contributed by atoms with E-state index in [2.05, 4.69) is 10.2 Å². The molecule has 0 aliphatic carbocycles. The van der Waals surface area contributed by atoms with E-state index in [0.717, 1.165) is 17.5 Å².